The van der Waals surface area contributed by atoms with E-state index in [0.717, 1.165) is 12.5 Å². The summed E-state index contributed by atoms with van der Waals surface area (Å²) in [5.74, 6) is 0.831. The molecule has 1 rings (SSSR count). The molecule has 0 heterocycles. The molecule has 1 N–H and O–H groups in total. The summed E-state index contributed by atoms with van der Waals surface area (Å²) in [6.45, 7) is 3.84. The molecule has 0 aromatic rings. The molecule has 0 atom stereocenters. The molecular formula is C13H25F3N2. The van der Waals surface area contributed by atoms with Crippen molar-refractivity contribution in [2.45, 2.75) is 51.2 Å². The van der Waals surface area contributed by atoms with Gasteiger partial charge < -0.3 is 10.2 Å². The molecule has 0 aliphatic heterocycles. The molecule has 5 heteroatoms. The standard InChI is InChI=1S/C13H25F3N2/c1-11-3-5-12(6-4-11)17-8-10-18(2)9-7-13(14,15)16/h11-12,17H,3-10H2,1-2H3. The number of hydrogen-bond donors (Lipinski definition) is 1. The van der Waals surface area contributed by atoms with E-state index in [4.69, 9.17) is 0 Å². The van der Waals surface area contributed by atoms with Gasteiger partial charge in [0.1, 0.15) is 0 Å². The summed E-state index contributed by atoms with van der Waals surface area (Å²) in [5.41, 5.74) is 0. The monoisotopic (exact) mass is 266 g/mol. The summed E-state index contributed by atoms with van der Waals surface area (Å²) >= 11 is 0. The van der Waals surface area contributed by atoms with Crippen LogP contribution in [0.2, 0.25) is 0 Å². The number of hydrogen-bond acceptors (Lipinski definition) is 2. The van der Waals surface area contributed by atoms with Gasteiger partial charge in [-0.3, -0.25) is 0 Å². The van der Waals surface area contributed by atoms with Crippen LogP contribution in [0.3, 0.4) is 0 Å². The van der Waals surface area contributed by atoms with Crippen LogP contribution in [0.25, 0.3) is 0 Å². The molecule has 0 aromatic carbocycles. The molecule has 1 saturated carbocycles. The molecule has 0 bridgehead atoms. The molecule has 0 amide bonds. The minimum Gasteiger partial charge on any atom is -0.313 e. The predicted molar refractivity (Wildman–Crippen MR) is 67.6 cm³/mol. The van der Waals surface area contributed by atoms with Crippen LogP contribution >= 0.6 is 0 Å². The van der Waals surface area contributed by atoms with Gasteiger partial charge in [0.05, 0.1) is 6.42 Å². The van der Waals surface area contributed by atoms with E-state index < -0.39 is 12.6 Å². The van der Waals surface area contributed by atoms with Crippen LogP contribution in [0.4, 0.5) is 13.2 Å². The van der Waals surface area contributed by atoms with Crippen LogP contribution in [0.15, 0.2) is 0 Å². The smallest absolute Gasteiger partial charge is 0.313 e. The molecule has 108 valence electrons. The number of rotatable bonds is 6. The Labute approximate surface area is 108 Å². The first-order chi connectivity index (χ1) is 8.37. The Bertz CT molecular complexity index is 223. The summed E-state index contributed by atoms with van der Waals surface area (Å²) < 4.78 is 36.1. The quantitative estimate of drug-likeness (QED) is 0.795. The SMILES string of the molecule is CC1CCC(NCCN(C)CCC(F)(F)F)CC1. The summed E-state index contributed by atoms with van der Waals surface area (Å²) in [6, 6.07) is 0.567. The zero-order chi connectivity index (χ0) is 13.6. The molecule has 18 heavy (non-hydrogen) atoms. The highest BCUT2D eigenvalue weighted by atomic mass is 19.4. The molecule has 1 aliphatic rings. The Morgan fingerprint density at radius 3 is 2.28 bits per heavy atom. The maximum atomic E-state index is 12.0. The first-order valence-electron chi connectivity index (χ1n) is 6.85. The maximum Gasteiger partial charge on any atom is 0.390 e. The molecule has 0 radical (unpaired) electrons. The Hall–Kier alpha value is -0.290. The first kappa shape index (κ1) is 15.8. The van der Waals surface area contributed by atoms with E-state index in [2.05, 4.69) is 12.2 Å². The van der Waals surface area contributed by atoms with Gasteiger partial charge in [0.2, 0.25) is 0 Å². The molecular weight excluding hydrogens is 241 g/mol. The fourth-order valence-electron chi connectivity index (χ4n) is 2.35. The van der Waals surface area contributed by atoms with E-state index in [-0.39, 0.29) is 6.54 Å². The van der Waals surface area contributed by atoms with E-state index >= 15 is 0 Å². The average molecular weight is 266 g/mol. The van der Waals surface area contributed by atoms with Gasteiger partial charge in [-0.25, -0.2) is 0 Å². The van der Waals surface area contributed by atoms with Gasteiger partial charge in [0.15, 0.2) is 0 Å². The van der Waals surface area contributed by atoms with Crippen LogP contribution in [-0.4, -0.2) is 43.8 Å². The lowest BCUT2D eigenvalue weighted by Gasteiger charge is -2.28. The lowest BCUT2D eigenvalue weighted by molar-refractivity contribution is -0.137. The van der Waals surface area contributed by atoms with E-state index in [1.54, 1.807) is 11.9 Å². The highest BCUT2D eigenvalue weighted by molar-refractivity contribution is 4.75. The van der Waals surface area contributed by atoms with Gasteiger partial charge in [-0.1, -0.05) is 6.92 Å². The minimum absolute atomic E-state index is 0.0902. The van der Waals surface area contributed by atoms with Crippen LogP contribution in [-0.2, 0) is 0 Å². The molecule has 0 unspecified atom stereocenters. The van der Waals surface area contributed by atoms with Gasteiger partial charge >= 0.3 is 6.18 Å². The van der Waals surface area contributed by atoms with E-state index in [1.165, 1.54) is 25.7 Å². The molecule has 0 aromatic heterocycles. The zero-order valence-electron chi connectivity index (χ0n) is 11.4. The van der Waals surface area contributed by atoms with E-state index in [9.17, 15) is 13.2 Å². The third-order valence-corrected chi connectivity index (χ3v) is 3.72. The summed E-state index contributed by atoms with van der Waals surface area (Å²) in [4.78, 5) is 1.74. The summed E-state index contributed by atoms with van der Waals surface area (Å²) in [5, 5.41) is 3.45. The second kappa shape index (κ2) is 7.34. The van der Waals surface area contributed by atoms with Crippen molar-refractivity contribution >= 4 is 0 Å². The Balaban J connectivity index is 2.03. The highest BCUT2D eigenvalue weighted by Crippen LogP contribution is 2.23. The zero-order valence-corrected chi connectivity index (χ0v) is 11.4. The third kappa shape index (κ3) is 7.21. The van der Waals surface area contributed by atoms with E-state index in [1.807, 2.05) is 0 Å². The van der Waals surface area contributed by atoms with Crippen molar-refractivity contribution in [1.82, 2.24) is 10.2 Å². The third-order valence-electron chi connectivity index (χ3n) is 3.72. The van der Waals surface area contributed by atoms with Crippen molar-refractivity contribution in [3.05, 3.63) is 0 Å². The molecule has 1 fully saturated rings. The number of likely N-dealkylation sites (N-methyl/N-ethyl adjacent to an activating group) is 1. The van der Waals surface area contributed by atoms with Gasteiger partial charge in [0, 0.05) is 25.7 Å². The van der Waals surface area contributed by atoms with Crippen molar-refractivity contribution in [3.8, 4) is 0 Å². The lowest BCUT2D eigenvalue weighted by Crippen LogP contribution is -2.38. The summed E-state index contributed by atoms with van der Waals surface area (Å²) in [7, 11) is 1.75. The molecule has 1 aliphatic carbocycles. The highest BCUT2D eigenvalue weighted by Gasteiger charge is 2.27. The number of nitrogens with one attached hydrogen (secondary N) is 1. The van der Waals surface area contributed by atoms with Crippen LogP contribution < -0.4 is 5.32 Å². The fraction of sp³-hybridized carbons (Fsp3) is 1.00. The number of halogens is 3. The fourth-order valence-corrected chi connectivity index (χ4v) is 2.35. The maximum absolute atomic E-state index is 12.0. The topological polar surface area (TPSA) is 15.3 Å². The predicted octanol–water partition coefficient (Wildman–Crippen LogP) is 3.04. The molecule has 0 saturated heterocycles. The molecule has 2 nitrogen and oxygen atoms in total. The second-order valence-electron chi connectivity index (χ2n) is 5.58. The number of nitrogens with zero attached hydrogens (tertiary/aromatic N) is 1. The average Bonchev–Trinajstić information content (AvgIpc) is 2.28. The van der Waals surface area contributed by atoms with Gasteiger partial charge in [-0.15, -0.1) is 0 Å². The largest absolute Gasteiger partial charge is 0.390 e. The van der Waals surface area contributed by atoms with Crippen molar-refractivity contribution in [2.24, 2.45) is 5.92 Å². The van der Waals surface area contributed by atoms with Crippen molar-refractivity contribution < 1.29 is 13.2 Å². The van der Waals surface area contributed by atoms with Crippen molar-refractivity contribution in [2.75, 3.05) is 26.7 Å². The summed E-state index contributed by atoms with van der Waals surface area (Å²) in [6.07, 6.45) is 0.176. The number of alkyl halides is 3. The normalized spacial score (nSPS) is 25.7. The first-order valence-corrected chi connectivity index (χ1v) is 6.85. The molecule has 0 spiro atoms. The van der Waals surface area contributed by atoms with E-state index in [0.29, 0.717) is 12.6 Å². The van der Waals surface area contributed by atoms with Gasteiger partial charge in [-0.2, -0.15) is 13.2 Å². The second-order valence-corrected chi connectivity index (χ2v) is 5.58. The van der Waals surface area contributed by atoms with Crippen LogP contribution in [0.5, 0.6) is 0 Å². The van der Waals surface area contributed by atoms with Gasteiger partial charge in [-0.05, 0) is 38.6 Å². The minimum atomic E-state index is -4.04. The Kier molecular flexibility index (Phi) is 6.43. The van der Waals surface area contributed by atoms with Gasteiger partial charge in [0.25, 0.3) is 0 Å². The Morgan fingerprint density at radius 1 is 1.11 bits per heavy atom. The lowest BCUT2D eigenvalue weighted by atomic mass is 9.87. The van der Waals surface area contributed by atoms with Crippen LogP contribution in [0, 0.1) is 5.92 Å². The van der Waals surface area contributed by atoms with Crippen LogP contribution in [0.1, 0.15) is 39.0 Å². The van der Waals surface area contributed by atoms with Crippen molar-refractivity contribution in [3.63, 3.8) is 0 Å². The Morgan fingerprint density at radius 2 is 1.72 bits per heavy atom. The van der Waals surface area contributed by atoms with Crippen molar-refractivity contribution in [1.29, 1.82) is 0 Å².